The highest BCUT2D eigenvalue weighted by Gasteiger charge is 2.15. The molecular formula is C19H16FN5O4S. The van der Waals surface area contributed by atoms with Gasteiger partial charge in [0.15, 0.2) is 23.1 Å². The maximum Gasteiger partial charge on any atom is 0.356 e. The Morgan fingerprint density at radius 2 is 2.10 bits per heavy atom. The number of carbonyl (C=O) groups excluding carboxylic acids is 1. The van der Waals surface area contributed by atoms with E-state index in [4.69, 9.17) is 15.3 Å². The SMILES string of the molecule is CC(=O)c1ccc(Cn2ncc(N)n2)o1.O=C(O)c1ncsc1-c1cccc(F)c1. The van der Waals surface area contributed by atoms with Gasteiger partial charge in [-0.3, -0.25) is 4.79 Å². The highest BCUT2D eigenvalue weighted by molar-refractivity contribution is 7.13. The summed E-state index contributed by atoms with van der Waals surface area (Å²) in [6.07, 6.45) is 1.45. The van der Waals surface area contributed by atoms with E-state index in [9.17, 15) is 14.0 Å². The predicted molar refractivity (Wildman–Crippen MR) is 107 cm³/mol. The molecule has 1 aromatic carbocycles. The lowest BCUT2D eigenvalue weighted by Crippen LogP contribution is -2.03. The van der Waals surface area contributed by atoms with Gasteiger partial charge in [-0.05, 0) is 29.8 Å². The van der Waals surface area contributed by atoms with E-state index >= 15 is 0 Å². The molecule has 0 spiro atoms. The number of nitrogens with two attached hydrogens (primary N) is 1. The normalized spacial score (nSPS) is 10.3. The number of nitrogens with zero attached hydrogens (tertiary/aromatic N) is 4. The number of benzene rings is 1. The molecule has 0 radical (unpaired) electrons. The van der Waals surface area contributed by atoms with Gasteiger partial charge in [0.05, 0.1) is 16.6 Å². The lowest BCUT2D eigenvalue weighted by molar-refractivity contribution is 0.0692. The van der Waals surface area contributed by atoms with Crippen molar-refractivity contribution in [2.24, 2.45) is 0 Å². The quantitative estimate of drug-likeness (QED) is 0.461. The van der Waals surface area contributed by atoms with E-state index in [-0.39, 0.29) is 11.5 Å². The summed E-state index contributed by atoms with van der Waals surface area (Å²) in [5.74, 6) is -0.281. The highest BCUT2D eigenvalue weighted by atomic mass is 32.1. The molecule has 0 fully saturated rings. The van der Waals surface area contributed by atoms with Gasteiger partial charge < -0.3 is 15.3 Å². The van der Waals surface area contributed by atoms with Crippen molar-refractivity contribution >= 4 is 28.9 Å². The predicted octanol–water partition coefficient (Wildman–Crippen LogP) is 3.35. The zero-order chi connectivity index (χ0) is 21.7. The number of carboxylic acids is 1. The topological polar surface area (TPSA) is 137 Å². The van der Waals surface area contributed by atoms with E-state index in [0.29, 0.717) is 34.3 Å². The number of carbonyl (C=O) groups is 2. The zero-order valence-electron chi connectivity index (χ0n) is 15.7. The number of thiazole rings is 1. The van der Waals surface area contributed by atoms with Crippen LogP contribution >= 0.6 is 11.3 Å². The van der Waals surface area contributed by atoms with Gasteiger partial charge in [0.25, 0.3) is 0 Å². The molecule has 0 bridgehead atoms. The number of rotatable bonds is 5. The van der Waals surface area contributed by atoms with Crippen molar-refractivity contribution in [3.63, 3.8) is 0 Å². The van der Waals surface area contributed by atoms with E-state index in [1.165, 1.54) is 53.0 Å². The first-order chi connectivity index (χ1) is 14.3. The molecule has 3 N–H and O–H groups in total. The Labute approximate surface area is 173 Å². The van der Waals surface area contributed by atoms with E-state index in [1.807, 2.05) is 0 Å². The molecular weight excluding hydrogens is 413 g/mol. The van der Waals surface area contributed by atoms with Crippen molar-refractivity contribution in [3.8, 4) is 10.4 Å². The van der Waals surface area contributed by atoms with Gasteiger partial charge in [0.2, 0.25) is 0 Å². The van der Waals surface area contributed by atoms with Crippen LogP contribution in [0.15, 0.2) is 52.5 Å². The smallest absolute Gasteiger partial charge is 0.356 e. The summed E-state index contributed by atoms with van der Waals surface area (Å²) in [5.41, 5.74) is 7.34. The van der Waals surface area contributed by atoms with Crippen LogP contribution in [0.2, 0.25) is 0 Å². The third-order valence-corrected chi connectivity index (χ3v) is 4.59. The fraction of sp³-hybridized carbons (Fsp3) is 0.105. The molecule has 9 nitrogen and oxygen atoms in total. The number of aromatic carboxylic acids is 1. The first-order valence-corrected chi connectivity index (χ1v) is 9.39. The third-order valence-electron chi connectivity index (χ3n) is 3.72. The van der Waals surface area contributed by atoms with Gasteiger partial charge in [-0.1, -0.05) is 12.1 Å². The van der Waals surface area contributed by atoms with Gasteiger partial charge in [-0.2, -0.15) is 9.90 Å². The third kappa shape index (κ3) is 5.14. The van der Waals surface area contributed by atoms with Gasteiger partial charge in [0.1, 0.15) is 18.1 Å². The Kier molecular flexibility index (Phi) is 6.32. The number of furan rings is 1. The summed E-state index contributed by atoms with van der Waals surface area (Å²) in [6, 6.07) is 9.14. The molecule has 3 heterocycles. The Balaban J connectivity index is 0.000000171. The molecule has 0 saturated carbocycles. The lowest BCUT2D eigenvalue weighted by Gasteiger charge is -1.98. The van der Waals surface area contributed by atoms with Gasteiger partial charge in [-0.15, -0.1) is 16.4 Å². The number of ketones is 1. The zero-order valence-corrected chi connectivity index (χ0v) is 16.5. The van der Waals surface area contributed by atoms with Crippen molar-refractivity contribution in [2.45, 2.75) is 13.5 Å². The molecule has 0 amide bonds. The minimum atomic E-state index is -1.10. The van der Waals surface area contributed by atoms with Gasteiger partial charge in [0, 0.05) is 6.92 Å². The van der Waals surface area contributed by atoms with Crippen LogP contribution in [0.25, 0.3) is 10.4 Å². The molecule has 0 aliphatic carbocycles. The van der Waals surface area contributed by atoms with Gasteiger partial charge >= 0.3 is 5.97 Å². The molecule has 0 unspecified atom stereocenters. The fourth-order valence-corrected chi connectivity index (χ4v) is 3.19. The first kappa shape index (κ1) is 20.9. The number of hydrogen-bond donors (Lipinski definition) is 2. The fourth-order valence-electron chi connectivity index (χ4n) is 2.41. The molecule has 30 heavy (non-hydrogen) atoms. The maximum absolute atomic E-state index is 12.9. The highest BCUT2D eigenvalue weighted by Crippen LogP contribution is 2.27. The Hall–Kier alpha value is -3.86. The number of anilines is 1. The number of Topliss-reactive ketones (excluding diaryl/α,β-unsaturated/α-hetero) is 1. The van der Waals surface area contributed by atoms with Gasteiger partial charge in [-0.25, -0.2) is 14.2 Å². The van der Waals surface area contributed by atoms with Crippen LogP contribution < -0.4 is 5.73 Å². The average molecular weight is 429 g/mol. The summed E-state index contributed by atoms with van der Waals surface area (Å²) < 4.78 is 18.2. The Bertz CT molecular complexity index is 1180. The summed E-state index contributed by atoms with van der Waals surface area (Å²) >= 11 is 1.18. The molecule has 0 aliphatic rings. The minimum absolute atomic E-state index is 0.0365. The largest absolute Gasteiger partial charge is 0.476 e. The number of hydrogen-bond acceptors (Lipinski definition) is 8. The first-order valence-electron chi connectivity index (χ1n) is 8.51. The van der Waals surface area contributed by atoms with E-state index in [2.05, 4.69) is 15.2 Å². The van der Waals surface area contributed by atoms with Crippen LogP contribution in [0.3, 0.4) is 0 Å². The molecule has 4 aromatic rings. The minimum Gasteiger partial charge on any atom is -0.476 e. The number of halogens is 1. The van der Waals surface area contributed by atoms with Crippen LogP contribution in [0.1, 0.15) is 33.7 Å². The molecule has 0 saturated heterocycles. The van der Waals surface area contributed by atoms with E-state index in [0.717, 1.165) is 0 Å². The summed E-state index contributed by atoms with van der Waals surface area (Å²) in [7, 11) is 0. The summed E-state index contributed by atoms with van der Waals surface area (Å²) in [6.45, 7) is 1.82. The molecule has 154 valence electrons. The second kappa shape index (κ2) is 9.09. The van der Waals surface area contributed by atoms with Crippen molar-refractivity contribution in [1.82, 2.24) is 20.0 Å². The molecule has 4 rings (SSSR count). The van der Waals surface area contributed by atoms with Crippen molar-refractivity contribution in [3.05, 3.63) is 71.1 Å². The van der Waals surface area contributed by atoms with E-state index in [1.54, 1.807) is 18.2 Å². The second-order valence-electron chi connectivity index (χ2n) is 5.97. The Morgan fingerprint density at radius 3 is 2.70 bits per heavy atom. The lowest BCUT2D eigenvalue weighted by atomic mass is 10.1. The molecule has 0 aliphatic heterocycles. The van der Waals surface area contributed by atoms with Crippen LogP contribution in [-0.4, -0.2) is 36.8 Å². The standard InChI is InChI=1S/C10H6FNO2S.C9H10N4O2/c11-7-3-1-2-6(4-7)9-8(10(13)14)12-5-15-9;1-6(14)8-3-2-7(15-8)5-13-11-4-9(10)12-13/h1-5H,(H,13,14);2-4H,5H2,1H3,(H2,10,12). The number of aromatic nitrogens is 4. The van der Waals surface area contributed by atoms with E-state index < -0.39 is 11.8 Å². The summed E-state index contributed by atoms with van der Waals surface area (Å²) in [5, 5.41) is 16.6. The van der Waals surface area contributed by atoms with Crippen LogP contribution in [0.5, 0.6) is 0 Å². The van der Waals surface area contributed by atoms with Crippen LogP contribution in [0.4, 0.5) is 10.2 Å². The molecule has 3 aromatic heterocycles. The van der Waals surface area contributed by atoms with Crippen LogP contribution in [0, 0.1) is 5.82 Å². The summed E-state index contributed by atoms with van der Waals surface area (Å²) in [4.78, 5) is 27.3. The second-order valence-corrected chi connectivity index (χ2v) is 6.82. The molecule has 11 heteroatoms. The number of carboxylic acid groups (broad SMARTS) is 1. The Morgan fingerprint density at radius 1 is 1.30 bits per heavy atom. The molecule has 0 atom stereocenters. The van der Waals surface area contributed by atoms with Crippen LogP contribution in [-0.2, 0) is 6.54 Å². The van der Waals surface area contributed by atoms with Crippen molar-refractivity contribution < 1.29 is 23.5 Å². The van der Waals surface area contributed by atoms with Crippen molar-refractivity contribution in [1.29, 1.82) is 0 Å². The van der Waals surface area contributed by atoms with Crippen molar-refractivity contribution in [2.75, 3.05) is 5.73 Å². The maximum atomic E-state index is 12.9. The monoisotopic (exact) mass is 429 g/mol. The average Bonchev–Trinajstić information content (AvgIpc) is 3.43. The number of nitrogen functional groups attached to an aromatic ring is 1.